The molecule has 0 spiro atoms. The molecule has 11 heteroatoms. The number of nitrogens with one attached hydrogen (secondary N) is 1. The largest absolute Gasteiger partial charge is 0.472 e. The van der Waals surface area contributed by atoms with Crippen LogP contribution in [0.25, 0.3) is 0 Å². The van der Waals surface area contributed by atoms with Crippen LogP contribution in [0.2, 0.25) is 0 Å². The molecule has 1 aromatic heterocycles. The third-order valence-corrected chi connectivity index (χ3v) is 8.98. The number of anilines is 1. The summed E-state index contributed by atoms with van der Waals surface area (Å²) in [5.74, 6) is 0.404. The first-order valence-electron chi connectivity index (χ1n) is 11.5. The molecular formula is C22H28ClN5O4S. The van der Waals surface area contributed by atoms with Gasteiger partial charge in [0.25, 0.3) is 0 Å². The molecule has 5 rings (SSSR count). The van der Waals surface area contributed by atoms with E-state index in [0.717, 1.165) is 57.4 Å². The molecule has 9 nitrogen and oxygen atoms in total. The summed E-state index contributed by atoms with van der Waals surface area (Å²) in [5, 5.41) is 0.0637. The zero-order chi connectivity index (χ0) is 23.0. The van der Waals surface area contributed by atoms with Gasteiger partial charge in [0.1, 0.15) is 17.7 Å². The number of carbonyl (C=O) groups is 1. The number of pyridine rings is 1. The van der Waals surface area contributed by atoms with E-state index < -0.39 is 10.0 Å². The first-order valence-corrected chi connectivity index (χ1v) is 13.4. The summed E-state index contributed by atoms with van der Waals surface area (Å²) in [7, 11) is -3.15. The predicted octanol–water partition coefficient (Wildman–Crippen LogP) is 1.69. The average molecular weight is 494 g/mol. The molecule has 1 saturated carbocycles. The highest BCUT2D eigenvalue weighted by Crippen LogP contribution is 2.30. The average Bonchev–Trinajstić information content (AvgIpc) is 3.57. The number of sulfonamides is 1. The Kier molecular flexibility index (Phi) is 6.32. The van der Waals surface area contributed by atoms with Crippen molar-refractivity contribution in [3.63, 3.8) is 0 Å². The van der Waals surface area contributed by atoms with Gasteiger partial charge in [-0.25, -0.2) is 18.1 Å². The van der Waals surface area contributed by atoms with E-state index in [-0.39, 0.29) is 34.8 Å². The van der Waals surface area contributed by atoms with Crippen LogP contribution in [0, 0.1) is 0 Å². The number of halogens is 1. The molecule has 0 radical (unpaired) electrons. The van der Waals surface area contributed by atoms with E-state index in [0.29, 0.717) is 18.1 Å². The smallest absolute Gasteiger partial charge is 0.215 e. The summed E-state index contributed by atoms with van der Waals surface area (Å²) in [6, 6.07) is 3.90. The quantitative estimate of drug-likeness (QED) is 0.616. The lowest BCUT2D eigenvalue weighted by atomic mass is 10.1. The summed E-state index contributed by atoms with van der Waals surface area (Å²) in [4.78, 5) is 24.6. The molecular weight excluding hydrogens is 466 g/mol. The van der Waals surface area contributed by atoms with Gasteiger partial charge in [0.05, 0.1) is 17.5 Å². The maximum Gasteiger partial charge on any atom is 0.215 e. The molecule has 33 heavy (non-hydrogen) atoms. The van der Waals surface area contributed by atoms with Gasteiger partial charge in [-0.15, -0.1) is 0 Å². The van der Waals surface area contributed by atoms with Crippen LogP contribution in [-0.4, -0.2) is 80.4 Å². The number of likely N-dealkylation sites (tertiary alicyclic amines) is 1. The fraction of sp³-hybridized carbons (Fsp3) is 0.591. The van der Waals surface area contributed by atoms with Gasteiger partial charge in [-0.1, -0.05) is 11.6 Å². The lowest BCUT2D eigenvalue weighted by Crippen LogP contribution is -2.45. The van der Waals surface area contributed by atoms with Crippen molar-refractivity contribution in [1.82, 2.24) is 14.6 Å². The van der Waals surface area contributed by atoms with E-state index in [1.807, 2.05) is 17.0 Å². The Morgan fingerprint density at radius 1 is 1.09 bits per heavy atom. The number of rotatable bonds is 7. The second kappa shape index (κ2) is 9.23. The Labute approximate surface area is 198 Å². The van der Waals surface area contributed by atoms with Crippen molar-refractivity contribution in [1.29, 1.82) is 0 Å². The summed E-state index contributed by atoms with van der Waals surface area (Å²) >= 11 is 6.19. The minimum Gasteiger partial charge on any atom is -0.472 e. The number of nitrogens with zero attached hydrogens (tertiary/aromatic N) is 4. The molecule has 0 amide bonds. The highest BCUT2D eigenvalue weighted by Gasteiger charge is 2.37. The molecule has 4 heterocycles. The van der Waals surface area contributed by atoms with Crippen molar-refractivity contribution in [3.8, 4) is 5.88 Å². The van der Waals surface area contributed by atoms with Crippen molar-refractivity contribution in [2.24, 2.45) is 4.99 Å². The number of dihydropyridines is 1. The van der Waals surface area contributed by atoms with Crippen molar-refractivity contribution < 1.29 is 17.9 Å². The molecule has 0 aromatic carbocycles. The van der Waals surface area contributed by atoms with Gasteiger partial charge >= 0.3 is 0 Å². The third kappa shape index (κ3) is 5.17. The maximum absolute atomic E-state index is 12.2. The van der Waals surface area contributed by atoms with E-state index in [1.54, 1.807) is 12.4 Å². The fourth-order valence-electron chi connectivity index (χ4n) is 4.54. The summed E-state index contributed by atoms with van der Waals surface area (Å²) in [5.41, 5.74) is 1.69. The zero-order valence-electron chi connectivity index (χ0n) is 18.3. The summed E-state index contributed by atoms with van der Waals surface area (Å²) in [6.07, 6.45) is 7.26. The van der Waals surface area contributed by atoms with Crippen LogP contribution < -0.4 is 14.4 Å². The topological polar surface area (TPSA) is 104 Å². The number of piperidine rings is 1. The molecule has 0 unspecified atom stereocenters. The van der Waals surface area contributed by atoms with Gasteiger partial charge in [-0.3, -0.25) is 9.79 Å². The number of aliphatic imine (C=N–C) groups is 1. The first kappa shape index (κ1) is 22.6. The van der Waals surface area contributed by atoms with E-state index in [2.05, 4.69) is 19.6 Å². The van der Waals surface area contributed by atoms with E-state index in [4.69, 9.17) is 16.3 Å². The minimum atomic E-state index is -3.15. The first-order chi connectivity index (χ1) is 15.9. The molecule has 2 saturated heterocycles. The Morgan fingerprint density at radius 2 is 1.85 bits per heavy atom. The molecule has 1 N–H and O–H groups in total. The summed E-state index contributed by atoms with van der Waals surface area (Å²) < 4.78 is 33.4. The molecule has 0 bridgehead atoms. The molecule has 1 atom stereocenters. The van der Waals surface area contributed by atoms with Crippen LogP contribution in [0.3, 0.4) is 0 Å². The number of carbonyl (C=O) groups excluding carboxylic acids is 1. The van der Waals surface area contributed by atoms with Crippen LogP contribution in [0.4, 0.5) is 5.69 Å². The highest BCUT2D eigenvalue weighted by atomic mass is 35.5. The minimum absolute atomic E-state index is 0.00483. The van der Waals surface area contributed by atoms with Gasteiger partial charge in [0.2, 0.25) is 15.9 Å². The van der Waals surface area contributed by atoms with Crippen LogP contribution in [0.15, 0.2) is 34.1 Å². The lowest BCUT2D eigenvalue weighted by molar-refractivity contribution is -0.113. The summed E-state index contributed by atoms with van der Waals surface area (Å²) in [6.45, 7) is 3.01. The Morgan fingerprint density at radius 3 is 2.61 bits per heavy atom. The number of ketones is 1. The van der Waals surface area contributed by atoms with Crippen molar-refractivity contribution in [3.05, 3.63) is 29.1 Å². The predicted molar refractivity (Wildman–Crippen MR) is 126 cm³/mol. The van der Waals surface area contributed by atoms with E-state index in [1.165, 1.54) is 0 Å². The molecule has 1 aliphatic carbocycles. The molecule has 178 valence electrons. The number of hydrogen-bond acceptors (Lipinski definition) is 8. The number of Topliss-reactive ketones (excluding diaryl/α,β-unsaturated/α-hetero) is 1. The van der Waals surface area contributed by atoms with Crippen molar-refractivity contribution in [2.45, 2.75) is 49.5 Å². The van der Waals surface area contributed by atoms with Crippen LogP contribution >= 0.6 is 11.6 Å². The standard InChI is InChI=1S/C22H28ClN5O4S/c23-22-19(12-24-13-20(22)29)28-10-6-17(14-28)32-21-11-16(3-7-25-21)27-8-4-15(5-9-27)26-33(30,31)18-1-2-18/h3,7,11-12,15,17-18,26H,1-2,4-6,8-10,13-14H2/t17-/m1/s1. The molecule has 1 aromatic rings. The van der Waals surface area contributed by atoms with Gasteiger partial charge < -0.3 is 14.5 Å². The SMILES string of the molecule is O=C1CN=CC(N2CC[C@@H](Oc3cc(N4CCC(NS(=O)(=O)C5CC5)CC4)ccn3)C2)=C1Cl. The second-order valence-electron chi connectivity index (χ2n) is 9.04. The van der Waals surface area contributed by atoms with Crippen LogP contribution in [-0.2, 0) is 14.8 Å². The molecule has 3 fully saturated rings. The number of ether oxygens (including phenoxy) is 1. The highest BCUT2D eigenvalue weighted by molar-refractivity contribution is 7.90. The Hall–Kier alpha value is -2.17. The normalized spacial score (nSPS) is 24.6. The molecule has 3 aliphatic heterocycles. The van der Waals surface area contributed by atoms with E-state index in [9.17, 15) is 13.2 Å². The van der Waals surface area contributed by atoms with Gasteiger partial charge in [0, 0.05) is 56.3 Å². The van der Waals surface area contributed by atoms with Crippen LogP contribution in [0.1, 0.15) is 32.1 Å². The van der Waals surface area contributed by atoms with Crippen LogP contribution in [0.5, 0.6) is 5.88 Å². The fourth-order valence-corrected chi connectivity index (χ4v) is 6.42. The Balaban J connectivity index is 1.16. The maximum atomic E-state index is 12.2. The van der Waals surface area contributed by atoms with Gasteiger partial charge in [0.15, 0.2) is 5.78 Å². The van der Waals surface area contributed by atoms with Gasteiger partial charge in [-0.2, -0.15) is 0 Å². The molecule has 4 aliphatic rings. The second-order valence-corrected chi connectivity index (χ2v) is 11.4. The number of aromatic nitrogens is 1. The number of hydrogen-bond donors (Lipinski definition) is 1. The zero-order valence-corrected chi connectivity index (χ0v) is 19.9. The van der Waals surface area contributed by atoms with Gasteiger partial charge in [-0.05, 0) is 31.7 Å². The third-order valence-electron chi connectivity index (χ3n) is 6.56. The Bertz CT molecular complexity index is 1080. The monoisotopic (exact) mass is 493 g/mol. The lowest BCUT2D eigenvalue weighted by Gasteiger charge is -2.34. The van der Waals surface area contributed by atoms with Crippen molar-refractivity contribution in [2.75, 3.05) is 37.6 Å². The van der Waals surface area contributed by atoms with Crippen molar-refractivity contribution >= 4 is 39.3 Å². The number of allylic oxidation sites excluding steroid dienone is 1. The van der Waals surface area contributed by atoms with E-state index >= 15 is 0 Å².